The average molecular weight is 273 g/mol. The summed E-state index contributed by atoms with van der Waals surface area (Å²) in [7, 11) is 0. The first-order chi connectivity index (χ1) is 9.85. The van der Waals surface area contributed by atoms with Gasteiger partial charge in [-0.3, -0.25) is 0 Å². The van der Waals surface area contributed by atoms with Crippen molar-refractivity contribution in [2.24, 2.45) is 0 Å². The van der Waals surface area contributed by atoms with Crippen LogP contribution in [0.25, 0.3) is 0 Å². The van der Waals surface area contributed by atoms with Gasteiger partial charge < -0.3 is 14.5 Å². The van der Waals surface area contributed by atoms with Crippen LogP contribution in [-0.2, 0) is 0 Å². The number of benzene rings is 1. The highest BCUT2D eigenvalue weighted by Gasteiger charge is 2.13. The number of rotatable bonds is 8. The van der Waals surface area contributed by atoms with E-state index in [1.54, 1.807) is 12.5 Å². The molecule has 0 saturated heterocycles. The topological polar surface area (TPSA) is 34.4 Å². The van der Waals surface area contributed by atoms with Crippen molar-refractivity contribution in [2.45, 2.75) is 32.7 Å². The van der Waals surface area contributed by atoms with E-state index >= 15 is 0 Å². The second-order valence-electron chi connectivity index (χ2n) is 4.82. The zero-order valence-electron chi connectivity index (χ0n) is 12.3. The van der Waals surface area contributed by atoms with E-state index in [-0.39, 0.29) is 6.04 Å². The Balaban J connectivity index is 2.06. The van der Waals surface area contributed by atoms with Gasteiger partial charge in [0.15, 0.2) is 0 Å². The Morgan fingerprint density at radius 1 is 1.10 bits per heavy atom. The van der Waals surface area contributed by atoms with Gasteiger partial charge in [-0.15, -0.1) is 0 Å². The third-order valence-electron chi connectivity index (χ3n) is 3.26. The summed E-state index contributed by atoms with van der Waals surface area (Å²) in [5, 5.41) is 3.47. The molecule has 3 nitrogen and oxygen atoms in total. The van der Waals surface area contributed by atoms with Gasteiger partial charge in [-0.2, -0.15) is 0 Å². The van der Waals surface area contributed by atoms with Gasteiger partial charge in [-0.1, -0.05) is 32.4 Å². The van der Waals surface area contributed by atoms with Crippen molar-refractivity contribution < 1.29 is 9.15 Å². The van der Waals surface area contributed by atoms with Crippen molar-refractivity contribution in [3.05, 3.63) is 54.0 Å². The van der Waals surface area contributed by atoms with Gasteiger partial charge in [0.25, 0.3) is 0 Å². The molecule has 3 heteroatoms. The zero-order valence-corrected chi connectivity index (χ0v) is 12.3. The summed E-state index contributed by atoms with van der Waals surface area (Å²) in [6.07, 6.45) is 5.75. The Morgan fingerprint density at radius 3 is 2.50 bits per heavy atom. The Labute approximate surface area is 121 Å². The maximum atomic E-state index is 5.69. The van der Waals surface area contributed by atoms with Crippen LogP contribution in [0, 0.1) is 0 Å². The molecule has 1 aromatic carbocycles. The van der Waals surface area contributed by atoms with Crippen LogP contribution in [0.5, 0.6) is 5.75 Å². The fourth-order valence-corrected chi connectivity index (χ4v) is 2.16. The van der Waals surface area contributed by atoms with Gasteiger partial charge in [-0.05, 0) is 36.7 Å². The predicted molar refractivity (Wildman–Crippen MR) is 81.1 cm³/mol. The number of furan rings is 1. The largest absolute Gasteiger partial charge is 0.494 e. The molecular weight excluding hydrogens is 250 g/mol. The highest BCUT2D eigenvalue weighted by atomic mass is 16.5. The highest BCUT2D eigenvalue weighted by Crippen LogP contribution is 2.24. The molecule has 2 rings (SSSR count). The molecule has 0 amide bonds. The molecule has 20 heavy (non-hydrogen) atoms. The van der Waals surface area contributed by atoms with Crippen LogP contribution < -0.4 is 10.1 Å². The molecule has 0 aliphatic heterocycles. The first kappa shape index (κ1) is 14.7. The van der Waals surface area contributed by atoms with Crippen molar-refractivity contribution in [3.8, 4) is 5.75 Å². The molecule has 1 atom stereocenters. The van der Waals surface area contributed by atoms with E-state index in [0.717, 1.165) is 37.3 Å². The molecule has 2 aromatic rings. The number of hydrogen-bond donors (Lipinski definition) is 1. The standard InChI is InChI=1S/C17H23NO2/c1-3-5-11-20-16-8-6-14(7-9-16)17(18-4-2)15-10-12-19-13-15/h6-10,12-13,17-18H,3-5,11H2,1-2H3. The van der Waals surface area contributed by atoms with Crippen molar-refractivity contribution >= 4 is 0 Å². The lowest BCUT2D eigenvalue weighted by atomic mass is 10.0. The predicted octanol–water partition coefficient (Wildman–Crippen LogP) is 4.16. The summed E-state index contributed by atoms with van der Waals surface area (Å²) in [6, 6.07) is 10.5. The van der Waals surface area contributed by atoms with E-state index in [1.165, 1.54) is 5.56 Å². The normalized spacial score (nSPS) is 12.3. The number of nitrogens with one attached hydrogen (secondary N) is 1. The Kier molecular flexibility index (Phi) is 5.69. The average Bonchev–Trinajstić information content (AvgIpc) is 3.00. The summed E-state index contributed by atoms with van der Waals surface area (Å²) >= 11 is 0. The fourth-order valence-electron chi connectivity index (χ4n) is 2.16. The van der Waals surface area contributed by atoms with Crippen molar-refractivity contribution in [1.29, 1.82) is 0 Å². The van der Waals surface area contributed by atoms with Crippen LogP contribution in [0.1, 0.15) is 43.9 Å². The van der Waals surface area contributed by atoms with E-state index in [2.05, 4.69) is 31.3 Å². The highest BCUT2D eigenvalue weighted by molar-refractivity contribution is 5.34. The first-order valence-corrected chi connectivity index (χ1v) is 7.33. The third kappa shape index (κ3) is 3.87. The molecule has 0 fully saturated rings. The lowest BCUT2D eigenvalue weighted by molar-refractivity contribution is 0.309. The van der Waals surface area contributed by atoms with E-state index in [4.69, 9.17) is 9.15 Å². The molecular formula is C17H23NO2. The second-order valence-corrected chi connectivity index (χ2v) is 4.82. The molecule has 0 spiro atoms. The minimum absolute atomic E-state index is 0.170. The Morgan fingerprint density at radius 2 is 1.90 bits per heavy atom. The van der Waals surface area contributed by atoms with E-state index < -0.39 is 0 Å². The van der Waals surface area contributed by atoms with E-state index in [0.29, 0.717) is 0 Å². The van der Waals surface area contributed by atoms with Gasteiger partial charge in [0, 0.05) is 5.56 Å². The van der Waals surface area contributed by atoms with Crippen LogP contribution in [0.4, 0.5) is 0 Å². The number of hydrogen-bond acceptors (Lipinski definition) is 3. The molecule has 0 bridgehead atoms. The quantitative estimate of drug-likeness (QED) is 0.733. The van der Waals surface area contributed by atoms with Crippen molar-refractivity contribution in [2.75, 3.05) is 13.2 Å². The molecule has 1 N–H and O–H groups in total. The van der Waals surface area contributed by atoms with Crippen molar-refractivity contribution in [3.63, 3.8) is 0 Å². The molecule has 0 aliphatic carbocycles. The van der Waals surface area contributed by atoms with Gasteiger partial charge >= 0.3 is 0 Å². The molecule has 0 radical (unpaired) electrons. The van der Waals surface area contributed by atoms with Gasteiger partial charge in [0.1, 0.15) is 5.75 Å². The summed E-state index contributed by atoms with van der Waals surface area (Å²) in [4.78, 5) is 0. The second kappa shape index (κ2) is 7.75. The Bertz CT molecular complexity index is 476. The molecule has 1 unspecified atom stereocenters. The van der Waals surface area contributed by atoms with E-state index in [1.807, 2.05) is 18.2 Å². The van der Waals surface area contributed by atoms with Crippen LogP contribution in [0.2, 0.25) is 0 Å². The van der Waals surface area contributed by atoms with Gasteiger partial charge in [0.2, 0.25) is 0 Å². The number of ether oxygens (including phenoxy) is 1. The van der Waals surface area contributed by atoms with Crippen LogP contribution in [0.3, 0.4) is 0 Å². The lowest BCUT2D eigenvalue weighted by Crippen LogP contribution is -2.21. The van der Waals surface area contributed by atoms with Gasteiger partial charge in [-0.25, -0.2) is 0 Å². The van der Waals surface area contributed by atoms with Crippen LogP contribution in [-0.4, -0.2) is 13.2 Å². The first-order valence-electron chi connectivity index (χ1n) is 7.33. The molecule has 0 saturated carbocycles. The maximum Gasteiger partial charge on any atom is 0.119 e. The molecule has 1 heterocycles. The lowest BCUT2D eigenvalue weighted by Gasteiger charge is -2.17. The third-order valence-corrected chi connectivity index (χ3v) is 3.26. The van der Waals surface area contributed by atoms with Gasteiger partial charge in [0.05, 0.1) is 25.2 Å². The minimum atomic E-state index is 0.170. The van der Waals surface area contributed by atoms with Crippen LogP contribution >= 0.6 is 0 Å². The zero-order chi connectivity index (χ0) is 14.2. The summed E-state index contributed by atoms with van der Waals surface area (Å²) in [5.74, 6) is 0.935. The Hall–Kier alpha value is -1.74. The molecule has 108 valence electrons. The number of unbranched alkanes of at least 4 members (excludes halogenated alkanes) is 1. The van der Waals surface area contributed by atoms with Crippen molar-refractivity contribution in [1.82, 2.24) is 5.32 Å². The summed E-state index contributed by atoms with van der Waals surface area (Å²) in [5.41, 5.74) is 2.36. The molecule has 1 aromatic heterocycles. The fraction of sp³-hybridized carbons (Fsp3) is 0.412. The molecule has 0 aliphatic rings. The monoisotopic (exact) mass is 273 g/mol. The van der Waals surface area contributed by atoms with Crippen LogP contribution in [0.15, 0.2) is 47.3 Å². The van der Waals surface area contributed by atoms with E-state index in [9.17, 15) is 0 Å². The minimum Gasteiger partial charge on any atom is -0.494 e. The SMILES string of the molecule is CCCCOc1ccc(C(NCC)c2ccoc2)cc1. The maximum absolute atomic E-state index is 5.69. The summed E-state index contributed by atoms with van der Waals surface area (Å²) in [6.45, 7) is 5.96. The summed E-state index contributed by atoms with van der Waals surface area (Å²) < 4.78 is 10.9. The smallest absolute Gasteiger partial charge is 0.119 e.